The van der Waals surface area contributed by atoms with Crippen molar-refractivity contribution in [1.82, 2.24) is 0 Å². The van der Waals surface area contributed by atoms with Crippen molar-refractivity contribution in [2.45, 2.75) is 32.3 Å². The van der Waals surface area contributed by atoms with Crippen LogP contribution in [0.2, 0.25) is 0 Å². The number of benzene rings is 1. The second-order valence-corrected chi connectivity index (χ2v) is 3.42. The molecule has 0 saturated heterocycles. The Kier molecular flexibility index (Phi) is 4.15. The maximum absolute atomic E-state index is 13.2. The molecule has 1 unspecified atom stereocenters. The summed E-state index contributed by atoms with van der Waals surface area (Å²) >= 11 is 0. The molecule has 84 valence electrons. The standard InChI is InChI=1S/C11H13F3O/c1-2-3-4-9(15)7-5-6-8(12)11(14)10(7)13/h5-6,9,15H,2-4H2,1H3. The quantitative estimate of drug-likeness (QED) is 0.768. The molecule has 0 aliphatic rings. The van der Waals surface area contributed by atoms with E-state index in [1.165, 1.54) is 0 Å². The fourth-order valence-electron chi connectivity index (χ4n) is 1.35. The lowest BCUT2D eigenvalue weighted by atomic mass is 10.0. The topological polar surface area (TPSA) is 20.2 Å². The summed E-state index contributed by atoms with van der Waals surface area (Å²) in [5.74, 6) is -4.06. The largest absolute Gasteiger partial charge is 0.388 e. The SMILES string of the molecule is CCCCC(O)c1ccc(F)c(F)c1F. The minimum absolute atomic E-state index is 0.178. The number of hydrogen-bond donors (Lipinski definition) is 1. The van der Waals surface area contributed by atoms with E-state index in [1.807, 2.05) is 6.92 Å². The second-order valence-electron chi connectivity index (χ2n) is 3.42. The average Bonchev–Trinajstić information content (AvgIpc) is 2.23. The molecule has 0 fully saturated rings. The fraction of sp³-hybridized carbons (Fsp3) is 0.455. The highest BCUT2D eigenvalue weighted by Crippen LogP contribution is 2.24. The molecule has 0 aliphatic heterocycles. The van der Waals surface area contributed by atoms with Crippen LogP contribution in [0.3, 0.4) is 0 Å². The van der Waals surface area contributed by atoms with E-state index in [4.69, 9.17) is 0 Å². The van der Waals surface area contributed by atoms with Crippen molar-refractivity contribution in [3.8, 4) is 0 Å². The number of halogens is 3. The zero-order valence-electron chi connectivity index (χ0n) is 8.43. The van der Waals surface area contributed by atoms with Crippen LogP contribution in [0, 0.1) is 17.5 Å². The summed E-state index contributed by atoms with van der Waals surface area (Å²) in [6.07, 6.45) is 0.834. The van der Waals surface area contributed by atoms with Gasteiger partial charge in [0.05, 0.1) is 6.10 Å². The number of hydrogen-bond acceptors (Lipinski definition) is 1. The highest BCUT2D eigenvalue weighted by atomic mass is 19.2. The summed E-state index contributed by atoms with van der Waals surface area (Å²) in [7, 11) is 0. The third kappa shape index (κ3) is 2.72. The van der Waals surface area contributed by atoms with Gasteiger partial charge in [-0.25, -0.2) is 13.2 Å². The number of aliphatic hydroxyl groups excluding tert-OH is 1. The first-order valence-electron chi connectivity index (χ1n) is 4.89. The molecule has 0 radical (unpaired) electrons. The molecule has 1 aromatic carbocycles. The monoisotopic (exact) mass is 218 g/mol. The second kappa shape index (κ2) is 5.16. The number of unbranched alkanes of at least 4 members (excludes halogenated alkanes) is 1. The normalized spacial score (nSPS) is 12.9. The van der Waals surface area contributed by atoms with Gasteiger partial charge in [-0.1, -0.05) is 25.8 Å². The molecule has 1 atom stereocenters. The molecule has 4 heteroatoms. The predicted molar refractivity (Wildman–Crippen MR) is 50.8 cm³/mol. The molecule has 0 aromatic heterocycles. The van der Waals surface area contributed by atoms with Crippen molar-refractivity contribution >= 4 is 0 Å². The van der Waals surface area contributed by atoms with E-state index in [1.54, 1.807) is 0 Å². The van der Waals surface area contributed by atoms with Gasteiger partial charge in [-0.05, 0) is 12.5 Å². The molecule has 1 aromatic rings. The van der Waals surface area contributed by atoms with Crippen molar-refractivity contribution < 1.29 is 18.3 Å². The highest BCUT2D eigenvalue weighted by Gasteiger charge is 2.18. The van der Waals surface area contributed by atoms with Gasteiger partial charge in [-0.2, -0.15) is 0 Å². The van der Waals surface area contributed by atoms with Crippen LogP contribution in [0.1, 0.15) is 37.9 Å². The molecule has 1 nitrogen and oxygen atoms in total. The van der Waals surface area contributed by atoms with Crippen LogP contribution < -0.4 is 0 Å². The molecule has 0 heterocycles. The third-order valence-corrected chi connectivity index (χ3v) is 2.26. The van der Waals surface area contributed by atoms with E-state index in [-0.39, 0.29) is 5.56 Å². The van der Waals surface area contributed by atoms with Crippen LogP contribution >= 0.6 is 0 Å². The molecular weight excluding hydrogens is 205 g/mol. The summed E-state index contributed by atoms with van der Waals surface area (Å²) in [5.41, 5.74) is -0.178. The maximum Gasteiger partial charge on any atom is 0.194 e. The Morgan fingerprint density at radius 2 is 1.87 bits per heavy atom. The van der Waals surface area contributed by atoms with Gasteiger partial charge in [0.2, 0.25) is 0 Å². The van der Waals surface area contributed by atoms with Crippen LogP contribution in [0.5, 0.6) is 0 Å². The number of aliphatic hydroxyl groups is 1. The Bertz CT molecular complexity index is 339. The van der Waals surface area contributed by atoms with Crippen LogP contribution in [-0.2, 0) is 0 Å². The van der Waals surface area contributed by atoms with Crippen molar-refractivity contribution in [3.05, 3.63) is 35.1 Å². The Balaban J connectivity index is 2.90. The lowest BCUT2D eigenvalue weighted by Crippen LogP contribution is -2.04. The predicted octanol–water partition coefficient (Wildman–Crippen LogP) is 3.33. The fourth-order valence-corrected chi connectivity index (χ4v) is 1.35. The van der Waals surface area contributed by atoms with Gasteiger partial charge in [0.1, 0.15) is 0 Å². The van der Waals surface area contributed by atoms with E-state index in [0.717, 1.165) is 18.6 Å². The molecule has 1 N–H and O–H groups in total. The molecule has 0 amide bonds. The molecule has 0 bridgehead atoms. The van der Waals surface area contributed by atoms with E-state index in [9.17, 15) is 18.3 Å². The summed E-state index contributed by atoms with van der Waals surface area (Å²) in [6.45, 7) is 1.92. The van der Waals surface area contributed by atoms with Gasteiger partial charge in [-0.3, -0.25) is 0 Å². The number of rotatable bonds is 4. The molecule has 0 spiro atoms. The zero-order chi connectivity index (χ0) is 11.4. The summed E-state index contributed by atoms with van der Waals surface area (Å²) < 4.78 is 38.6. The Morgan fingerprint density at radius 1 is 1.20 bits per heavy atom. The Hall–Kier alpha value is -1.03. The maximum atomic E-state index is 13.2. The Morgan fingerprint density at radius 3 is 2.47 bits per heavy atom. The molecular formula is C11H13F3O. The molecule has 1 rings (SSSR count). The molecule has 0 saturated carbocycles. The van der Waals surface area contributed by atoms with Crippen molar-refractivity contribution in [1.29, 1.82) is 0 Å². The molecule has 15 heavy (non-hydrogen) atoms. The highest BCUT2D eigenvalue weighted by molar-refractivity contribution is 5.22. The minimum Gasteiger partial charge on any atom is -0.388 e. The van der Waals surface area contributed by atoms with Gasteiger partial charge in [-0.15, -0.1) is 0 Å². The molecule has 0 aliphatic carbocycles. The van der Waals surface area contributed by atoms with E-state index in [2.05, 4.69) is 0 Å². The van der Waals surface area contributed by atoms with Gasteiger partial charge in [0.15, 0.2) is 17.5 Å². The third-order valence-electron chi connectivity index (χ3n) is 2.26. The zero-order valence-corrected chi connectivity index (χ0v) is 8.43. The lowest BCUT2D eigenvalue weighted by molar-refractivity contribution is 0.158. The van der Waals surface area contributed by atoms with Crippen LogP contribution in [0.15, 0.2) is 12.1 Å². The van der Waals surface area contributed by atoms with Crippen LogP contribution in [0.25, 0.3) is 0 Å². The smallest absolute Gasteiger partial charge is 0.194 e. The average molecular weight is 218 g/mol. The van der Waals surface area contributed by atoms with Gasteiger partial charge >= 0.3 is 0 Å². The van der Waals surface area contributed by atoms with E-state index >= 15 is 0 Å². The van der Waals surface area contributed by atoms with E-state index in [0.29, 0.717) is 12.8 Å². The van der Waals surface area contributed by atoms with Crippen molar-refractivity contribution in [2.24, 2.45) is 0 Å². The van der Waals surface area contributed by atoms with E-state index < -0.39 is 23.6 Å². The first-order chi connectivity index (χ1) is 7.07. The lowest BCUT2D eigenvalue weighted by Gasteiger charge is -2.11. The van der Waals surface area contributed by atoms with Gasteiger partial charge in [0, 0.05) is 5.56 Å². The summed E-state index contributed by atoms with van der Waals surface area (Å²) in [4.78, 5) is 0. The first-order valence-corrected chi connectivity index (χ1v) is 4.89. The minimum atomic E-state index is -1.52. The van der Waals surface area contributed by atoms with Crippen LogP contribution in [0.4, 0.5) is 13.2 Å². The van der Waals surface area contributed by atoms with Crippen molar-refractivity contribution in [2.75, 3.05) is 0 Å². The van der Waals surface area contributed by atoms with Gasteiger partial charge < -0.3 is 5.11 Å². The summed E-state index contributed by atoms with van der Waals surface area (Å²) in [5, 5.41) is 9.52. The first kappa shape index (κ1) is 12.0. The van der Waals surface area contributed by atoms with Crippen molar-refractivity contribution in [3.63, 3.8) is 0 Å². The van der Waals surface area contributed by atoms with Gasteiger partial charge in [0.25, 0.3) is 0 Å². The Labute approximate surface area is 86.5 Å². The summed E-state index contributed by atoms with van der Waals surface area (Å²) in [6, 6.07) is 1.90. The van der Waals surface area contributed by atoms with Crippen LogP contribution in [-0.4, -0.2) is 5.11 Å².